The molecule has 0 spiro atoms. The average Bonchev–Trinajstić information content (AvgIpc) is 2.57. The molecule has 0 radical (unpaired) electrons. The molecule has 3 aromatic rings. The molecule has 0 aliphatic carbocycles. The Labute approximate surface area is 140 Å². The fourth-order valence-electron chi connectivity index (χ4n) is 2.52. The molecule has 118 valence electrons. The highest BCUT2D eigenvalue weighted by atomic mass is 16.5. The van der Waals surface area contributed by atoms with Gasteiger partial charge in [0.05, 0.1) is 0 Å². The van der Waals surface area contributed by atoms with Crippen LogP contribution in [-0.4, -0.2) is 4.98 Å². The van der Waals surface area contributed by atoms with E-state index in [2.05, 4.69) is 4.98 Å². The lowest BCUT2D eigenvalue weighted by Crippen LogP contribution is -2.12. The van der Waals surface area contributed by atoms with Crippen molar-refractivity contribution in [1.29, 1.82) is 5.26 Å². The summed E-state index contributed by atoms with van der Waals surface area (Å²) in [6.07, 6.45) is 0. The number of hydrogen-bond donors (Lipinski definition) is 1. The number of para-hydroxylation sites is 1. The van der Waals surface area contributed by atoms with Gasteiger partial charge in [0, 0.05) is 16.8 Å². The van der Waals surface area contributed by atoms with Crippen LogP contribution in [0.15, 0.2) is 59.4 Å². The van der Waals surface area contributed by atoms with Crippen LogP contribution in [0.2, 0.25) is 0 Å². The number of nitrogens with zero attached hydrogens (tertiary/aromatic N) is 1. The summed E-state index contributed by atoms with van der Waals surface area (Å²) in [5.74, 6) is 1.30. The second-order valence-electron chi connectivity index (χ2n) is 5.59. The van der Waals surface area contributed by atoms with Crippen molar-refractivity contribution < 1.29 is 4.74 Å². The molecule has 2 aromatic carbocycles. The van der Waals surface area contributed by atoms with E-state index >= 15 is 0 Å². The maximum atomic E-state index is 12.1. The van der Waals surface area contributed by atoms with E-state index in [1.165, 1.54) is 0 Å². The van der Waals surface area contributed by atoms with Crippen molar-refractivity contribution in [3.8, 4) is 28.7 Å². The maximum absolute atomic E-state index is 12.1. The minimum absolute atomic E-state index is 0.0838. The molecule has 0 aliphatic rings. The summed E-state index contributed by atoms with van der Waals surface area (Å²) in [6.45, 7) is 3.80. The second-order valence-corrected chi connectivity index (χ2v) is 5.59. The average molecular weight is 316 g/mol. The van der Waals surface area contributed by atoms with Crippen molar-refractivity contribution in [3.05, 3.63) is 81.8 Å². The van der Waals surface area contributed by atoms with Gasteiger partial charge < -0.3 is 9.72 Å². The number of aromatic amines is 1. The van der Waals surface area contributed by atoms with Crippen LogP contribution in [0.3, 0.4) is 0 Å². The number of ether oxygens (including phenoxy) is 1. The van der Waals surface area contributed by atoms with Gasteiger partial charge in [-0.25, -0.2) is 0 Å². The summed E-state index contributed by atoms with van der Waals surface area (Å²) in [6, 6.07) is 18.9. The molecule has 0 saturated heterocycles. The van der Waals surface area contributed by atoms with Gasteiger partial charge >= 0.3 is 0 Å². The van der Waals surface area contributed by atoms with Crippen molar-refractivity contribution in [2.45, 2.75) is 13.8 Å². The Kier molecular flexibility index (Phi) is 4.17. The Morgan fingerprint density at radius 1 is 1.00 bits per heavy atom. The smallest absolute Gasteiger partial charge is 0.266 e. The first-order chi connectivity index (χ1) is 11.6. The highest BCUT2D eigenvalue weighted by Crippen LogP contribution is 2.34. The standard InChI is InChI=1S/C20H16N2O2/c1-13-7-9-15(10-8-13)24-19-6-4-3-5-16(19)17-11-14(2)22-20(23)18(17)12-21/h3-11H,1-2H3,(H,22,23). The zero-order valence-electron chi connectivity index (χ0n) is 13.5. The molecule has 0 atom stereocenters. The first-order valence-corrected chi connectivity index (χ1v) is 7.56. The number of hydrogen-bond acceptors (Lipinski definition) is 3. The SMILES string of the molecule is Cc1ccc(Oc2ccccc2-c2cc(C)[nH]c(=O)c2C#N)cc1. The molecule has 0 amide bonds. The molecule has 4 heteroatoms. The minimum atomic E-state index is -0.391. The number of rotatable bonds is 3. The zero-order valence-corrected chi connectivity index (χ0v) is 13.5. The van der Waals surface area contributed by atoms with E-state index in [4.69, 9.17) is 4.74 Å². The number of pyridine rings is 1. The van der Waals surface area contributed by atoms with E-state index in [1.807, 2.05) is 61.5 Å². The lowest BCUT2D eigenvalue weighted by molar-refractivity contribution is 0.484. The summed E-state index contributed by atoms with van der Waals surface area (Å²) < 4.78 is 5.98. The van der Waals surface area contributed by atoms with E-state index in [0.29, 0.717) is 28.3 Å². The van der Waals surface area contributed by atoms with Gasteiger partial charge in [-0.3, -0.25) is 4.79 Å². The molecule has 0 aliphatic heterocycles. The Bertz CT molecular complexity index is 980. The van der Waals surface area contributed by atoms with E-state index < -0.39 is 5.56 Å². The van der Waals surface area contributed by atoms with Gasteiger partial charge in [-0.15, -0.1) is 0 Å². The third kappa shape index (κ3) is 3.06. The van der Waals surface area contributed by atoms with Crippen molar-refractivity contribution >= 4 is 0 Å². The van der Waals surface area contributed by atoms with Crippen molar-refractivity contribution in [2.75, 3.05) is 0 Å². The minimum Gasteiger partial charge on any atom is -0.457 e. The van der Waals surface area contributed by atoms with Crippen LogP contribution in [0.25, 0.3) is 11.1 Å². The topological polar surface area (TPSA) is 65.9 Å². The largest absolute Gasteiger partial charge is 0.457 e. The number of H-pyrrole nitrogens is 1. The van der Waals surface area contributed by atoms with Crippen LogP contribution < -0.4 is 10.3 Å². The molecule has 0 fully saturated rings. The number of nitriles is 1. The quantitative estimate of drug-likeness (QED) is 0.782. The van der Waals surface area contributed by atoms with Gasteiger partial charge in [0.15, 0.2) is 0 Å². The van der Waals surface area contributed by atoms with Gasteiger partial charge in [-0.05, 0) is 38.1 Å². The number of benzene rings is 2. The van der Waals surface area contributed by atoms with Gasteiger partial charge in [0.2, 0.25) is 0 Å². The second kappa shape index (κ2) is 6.43. The van der Waals surface area contributed by atoms with Crippen LogP contribution >= 0.6 is 0 Å². The fraction of sp³-hybridized carbons (Fsp3) is 0.100. The van der Waals surface area contributed by atoms with Crippen LogP contribution in [0.4, 0.5) is 0 Å². The van der Waals surface area contributed by atoms with Crippen LogP contribution in [0, 0.1) is 25.2 Å². The summed E-state index contributed by atoms with van der Waals surface area (Å²) in [5, 5.41) is 9.35. The highest BCUT2D eigenvalue weighted by molar-refractivity contribution is 5.75. The van der Waals surface area contributed by atoms with Gasteiger partial charge in [0.25, 0.3) is 5.56 Å². The van der Waals surface area contributed by atoms with Crippen molar-refractivity contribution in [2.24, 2.45) is 0 Å². The molecule has 24 heavy (non-hydrogen) atoms. The summed E-state index contributed by atoms with van der Waals surface area (Å²) in [5.41, 5.74) is 2.82. The normalized spacial score (nSPS) is 10.2. The predicted octanol–water partition coefficient (Wildman–Crippen LogP) is 4.32. The molecule has 0 saturated carbocycles. The van der Waals surface area contributed by atoms with Crippen LogP contribution in [-0.2, 0) is 0 Å². The summed E-state index contributed by atoms with van der Waals surface area (Å²) in [7, 11) is 0. The molecule has 1 heterocycles. The van der Waals surface area contributed by atoms with Gasteiger partial charge in [-0.2, -0.15) is 5.26 Å². The molecule has 0 unspecified atom stereocenters. The summed E-state index contributed by atoms with van der Waals surface area (Å²) in [4.78, 5) is 14.7. The Balaban J connectivity index is 2.12. The van der Waals surface area contributed by atoms with Crippen LogP contribution in [0.5, 0.6) is 11.5 Å². The van der Waals surface area contributed by atoms with Crippen molar-refractivity contribution in [1.82, 2.24) is 4.98 Å². The maximum Gasteiger partial charge on any atom is 0.266 e. The first-order valence-electron chi connectivity index (χ1n) is 7.56. The molecule has 4 nitrogen and oxygen atoms in total. The lowest BCUT2D eigenvalue weighted by Gasteiger charge is -2.13. The molecule has 3 rings (SSSR count). The highest BCUT2D eigenvalue weighted by Gasteiger charge is 2.14. The molecule has 1 N–H and O–H groups in total. The van der Waals surface area contributed by atoms with Crippen molar-refractivity contribution in [3.63, 3.8) is 0 Å². The van der Waals surface area contributed by atoms with E-state index in [-0.39, 0.29) is 5.56 Å². The molecule has 1 aromatic heterocycles. The monoisotopic (exact) mass is 316 g/mol. The Morgan fingerprint density at radius 2 is 1.71 bits per heavy atom. The Morgan fingerprint density at radius 3 is 2.42 bits per heavy atom. The lowest BCUT2D eigenvalue weighted by atomic mass is 10.00. The van der Waals surface area contributed by atoms with E-state index in [9.17, 15) is 10.1 Å². The molecule has 0 bridgehead atoms. The van der Waals surface area contributed by atoms with Gasteiger partial charge in [0.1, 0.15) is 23.1 Å². The molecular weight excluding hydrogens is 300 g/mol. The first kappa shape index (κ1) is 15.6. The third-order valence-corrected chi connectivity index (χ3v) is 3.71. The fourth-order valence-corrected chi connectivity index (χ4v) is 2.52. The molecular formula is C20H16N2O2. The van der Waals surface area contributed by atoms with Gasteiger partial charge in [-0.1, -0.05) is 35.9 Å². The summed E-state index contributed by atoms with van der Waals surface area (Å²) >= 11 is 0. The number of nitrogens with one attached hydrogen (secondary N) is 1. The zero-order chi connectivity index (χ0) is 17.1. The predicted molar refractivity (Wildman–Crippen MR) is 93.2 cm³/mol. The van der Waals surface area contributed by atoms with Crippen LogP contribution in [0.1, 0.15) is 16.8 Å². The number of aryl methyl sites for hydroxylation is 2. The van der Waals surface area contributed by atoms with E-state index in [1.54, 1.807) is 13.0 Å². The third-order valence-electron chi connectivity index (χ3n) is 3.71. The van der Waals surface area contributed by atoms with E-state index in [0.717, 1.165) is 5.56 Å². The number of aromatic nitrogens is 1. The Hall–Kier alpha value is -3.32.